The summed E-state index contributed by atoms with van der Waals surface area (Å²) in [5, 5.41) is 10.9. The van der Waals surface area contributed by atoms with Gasteiger partial charge >= 0.3 is 0 Å². The third-order valence-corrected chi connectivity index (χ3v) is 6.96. The molecule has 0 amide bonds. The van der Waals surface area contributed by atoms with Crippen molar-refractivity contribution in [2.45, 2.75) is 17.1 Å². The number of fused-ring (bicyclic) bond motifs is 1. The predicted octanol–water partition coefficient (Wildman–Crippen LogP) is 3.45. The van der Waals surface area contributed by atoms with Crippen LogP contribution in [0.25, 0.3) is 0 Å². The third-order valence-electron chi connectivity index (χ3n) is 3.45. The first-order valence-electron chi connectivity index (χ1n) is 6.45. The van der Waals surface area contributed by atoms with Crippen molar-refractivity contribution in [2.24, 2.45) is 0 Å². The molecule has 0 N–H and O–H groups in total. The van der Waals surface area contributed by atoms with Crippen molar-refractivity contribution in [3.63, 3.8) is 0 Å². The maximum Gasteiger partial charge on any atom is 0.273 e. The molecule has 0 radical (unpaired) electrons. The van der Waals surface area contributed by atoms with Crippen LogP contribution in [0.4, 0.5) is 11.4 Å². The van der Waals surface area contributed by atoms with Crippen molar-refractivity contribution in [3.8, 4) is 0 Å². The molecule has 116 valence electrons. The molecule has 0 aliphatic carbocycles. The molecule has 2 aromatic rings. The summed E-state index contributed by atoms with van der Waals surface area (Å²) in [6.45, 7) is 0.298. The van der Waals surface area contributed by atoms with Crippen molar-refractivity contribution in [3.05, 3.63) is 50.3 Å². The molecule has 9 heteroatoms. The summed E-state index contributed by atoms with van der Waals surface area (Å²) >= 11 is 6.79. The Hall–Kier alpha value is -1.64. The molecular formula is C13H11ClN2O4S2. The van der Waals surface area contributed by atoms with E-state index in [2.05, 4.69) is 0 Å². The van der Waals surface area contributed by atoms with Crippen LogP contribution in [0.1, 0.15) is 12.0 Å². The fraction of sp³-hybridized carbons (Fsp3) is 0.231. The van der Waals surface area contributed by atoms with Crippen LogP contribution in [0.2, 0.25) is 4.34 Å². The monoisotopic (exact) mass is 358 g/mol. The van der Waals surface area contributed by atoms with E-state index in [1.54, 1.807) is 6.07 Å². The maximum absolute atomic E-state index is 12.8. The zero-order valence-corrected chi connectivity index (χ0v) is 13.6. The normalized spacial score (nSPS) is 14.7. The van der Waals surface area contributed by atoms with Gasteiger partial charge < -0.3 is 0 Å². The van der Waals surface area contributed by atoms with Gasteiger partial charge in [-0.15, -0.1) is 11.3 Å². The van der Waals surface area contributed by atoms with Crippen LogP contribution in [-0.4, -0.2) is 19.9 Å². The summed E-state index contributed by atoms with van der Waals surface area (Å²) in [6.07, 6.45) is 1.37. The topological polar surface area (TPSA) is 80.5 Å². The minimum Gasteiger partial charge on any atom is -0.265 e. The maximum atomic E-state index is 12.8. The van der Waals surface area contributed by atoms with Gasteiger partial charge in [-0.2, -0.15) is 0 Å². The summed E-state index contributed by atoms with van der Waals surface area (Å²) in [5.74, 6) is 0. The van der Waals surface area contributed by atoms with E-state index in [1.165, 1.54) is 28.6 Å². The van der Waals surface area contributed by atoms with Gasteiger partial charge in [0.1, 0.15) is 4.21 Å². The molecule has 0 spiro atoms. The van der Waals surface area contributed by atoms with Crippen LogP contribution in [0.15, 0.2) is 34.5 Å². The third kappa shape index (κ3) is 2.57. The lowest BCUT2D eigenvalue weighted by molar-refractivity contribution is -0.384. The summed E-state index contributed by atoms with van der Waals surface area (Å²) in [5.41, 5.74) is 1.05. The van der Waals surface area contributed by atoms with Gasteiger partial charge in [0.05, 0.1) is 14.9 Å². The SMILES string of the molecule is O=[N+]([O-])c1ccc2c(c1)N(S(=O)(=O)c1ccc(Cl)s1)CCC2. The Labute approximate surface area is 136 Å². The van der Waals surface area contributed by atoms with Gasteiger partial charge in [0, 0.05) is 18.7 Å². The molecule has 3 rings (SSSR count). The fourth-order valence-corrected chi connectivity index (χ4v) is 5.57. The zero-order valence-electron chi connectivity index (χ0n) is 11.2. The van der Waals surface area contributed by atoms with Crippen molar-refractivity contribution >= 4 is 44.3 Å². The molecule has 1 aliphatic heterocycles. The van der Waals surface area contributed by atoms with Crippen LogP contribution in [-0.2, 0) is 16.4 Å². The van der Waals surface area contributed by atoms with E-state index in [4.69, 9.17) is 11.6 Å². The average Bonchev–Trinajstić information content (AvgIpc) is 2.93. The number of sulfonamides is 1. The van der Waals surface area contributed by atoms with Crippen LogP contribution >= 0.6 is 22.9 Å². The number of rotatable bonds is 3. The number of nitrogens with zero attached hydrogens (tertiary/aromatic N) is 2. The van der Waals surface area contributed by atoms with Gasteiger partial charge in [0.25, 0.3) is 15.7 Å². The Kier molecular flexibility index (Phi) is 3.84. The first-order chi connectivity index (χ1) is 10.4. The van der Waals surface area contributed by atoms with E-state index in [0.29, 0.717) is 29.4 Å². The number of nitro benzene ring substituents is 1. The molecule has 0 atom stereocenters. The van der Waals surface area contributed by atoms with E-state index in [1.807, 2.05) is 0 Å². The lowest BCUT2D eigenvalue weighted by Gasteiger charge is -2.29. The van der Waals surface area contributed by atoms with Crippen LogP contribution in [0.5, 0.6) is 0 Å². The summed E-state index contributed by atoms with van der Waals surface area (Å²) < 4.78 is 27.3. The molecular weight excluding hydrogens is 348 g/mol. The molecule has 0 saturated heterocycles. The highest BCUT2D eigenvalue weighted by molar-refractivity contribution is 7.94. The number of halogens is 1. The number of nitro groups is 1. The average molecular weight is 359 g/mol. The van der Waals surface area contributed by atoms with E-state index in [9.17, 15) is 18.5 Å². The quantitative estimate of drug-likeness (QED) is 0.621. The van der Waals surface area contributed by atoms with Gasteiger partial charge in [-0.05, 0) is 30.5 Å². The number of hydrogen-bond acceptors (Lipinski definition) is 5. The highest BCUT2D eigenvalue weighted by Gasteiger charge is 2.31. The molecule has 22 heavy (non-hydrogen) atoms. The van der Waals surface area contributed by atoms with Gasteiger partial charge in [0.15, 0.2) is 0 Å². The van der Waals surface area contributed by atoms with Gasteiger partial charge in [0.2, 0.25) is 0 Å². The van der Waals surface area contributed by atoms with Crippen molar-refractivity contribution < 1.29 is 13.3 Å². The Bertz CT molecular complexity index is 847. The first kappa shape index (κ1) is 15.3. The number of hydrogen-bond donors (Lipinski definition) is 0. The number of thiophene rings is 1. The van der Waals surface area contributed by atoms with Crippen molar-refractivity contribution in [1.29, 1.82) is 0 Å². The van der Waals surface area contributed by atoms with E-state index < -0.39 is 14.9 Å². The van der Waals surface area contributed by atoms with Crippen LogP contribution < -0.4 is 4.31 Å². The van der Waals surface area contributed by atoms with Crippen LogP contribution in [0, 0.1) is 10.1 Å². The lowest BCUT2D eigenvalue weighted by atomic mass is 10.0. The standard InChI is InChI=1S/C13H11ClN2O4S2/c14-12-5-6-13(21-12)22(19,20)15-7-1-2-9-3-4-10(16(17)18)8-11(9)15/h3-6,8H,1-2,7H2. The predicted molar refractivity (Wildman–Crippen MR) is 85.3 cm³/mol. The molecule has 6 nitrogen and oxygen atoms in total. The second kappa shape index (κ2) is 5.53. The highest BCUT2D eigenvalue weighted by atomic mass is 35.5. The molecule has 0 saturated carbocycles. The van der Waals surface area contributed by atoms with Crippen LogP contribution in [0.3, 0.4) is 0 Å². The number of anilines is 1. The second-order valence-corrected chi connectivity index (χ2v) is 8.61. The van der Waals surface area contributed by atoms with Crippen molar-refractivity contribution in [2.75, 3.05) is 10.8 Å². The van der Waals surface area contributed by atoms with E-state index >= 15 is 0 Å². The van der Waals surface area contributed by atoms with Gasteiger partial charge in [-0.1, -0.05) is 17.7 Å². The number of aryl methyl sites for hydroxylation is 1. The summed E-state index contributed by atoms with van der Waals surface area (Å²) in [6, 6.07) is 7.32. The Morgan fingerprint density at radius 1 is 1.27 bits per heavy atom. The Balaban J connectivity index is 2.11. The second-order valence-electron chi connectivity index (χ2n) is 4.81. The minimum atomic E-state index is -3.75. The molecule has 1 aliphatic rings. The Morgan fingerprint density at radius 3 is 2.68 bits per heavy atom. The first-order valence-corrected chi connectivity index (χ1v) is 9.08. The molecule has 0 bridgehead atoms. The van der Waals surface area contributed by atoms with E-state index in [-0.39, 0.29) is 9.90 Å². The molecule has 0 fully saturated rings. The number of non-ortho nitro benzene ring substituents is 1. The van der Waals surface area contributed by atoms with Gasteiger partial charge in [-0.25, -0.2) is 8.42 Å². The molecule has 2 heterocycles. The Morgan fingerprint density at radius 2 is 2.05 bits per heavy atom. The summed E-state index contributed by atoms with van der Waals surface area (Å²) in [7, 11) is -3.75. The smallest absolute Gasteiger partial charge is 0.265 e. The molecule has 0 unspecified atom stereocenters. The van der Waals surface area contributed by atoms with E-state index in [0.717, 1.165) is 16.9 Å². The van der Waals surface area contributed by atoms with Gasteiger partial charge in [-0.3, -0.25) is 14.4 Å². The largest absolute Gasteiger partial charge is 0.273 e. The molecule has 1 aromatic heterocycles. The summed E-state index contributed by atoms with van der Waals surface area (Å²) in [4.78, 5) is 10.4. The number of benzene rings is 1. The highest BCUT2D eigenvalue weighted by Crippen LogP contribution is 2.36. The zero-order chi connectivity index (χ0) is 15.9. The fourth-order valence-electron chi connectivity index (χ4n) is 2.44. The lowest BCUT2D eigenvalue weighted by Crippen LogP contribution is -2.35. The van der Waals surface area contributed by atoms with Crippen molar-refractivity contribution in [1.82, 2.24) is 0 Å². The molecule has 1 aromatic carbocycles. The minimum absolute atomic E-state index is 0.120.